The van der Waals surface area contributed by atoms with Crippen LogP contribution in [0.5, 0.6) is 5.88 Å². The van der Waals surface area contributed by atoms with E-state index >= 15 is 0 Å². The zero-order valence-electron chi connectivity index (χ0n) is 16.4. The molecule has 0 amide bonds. The van der Waals surface area contributed by atoms with Crippen LogP contribution in [0.15, 0.2) is 30.5 Å². The maximum Gasteiger partial charge on any atom is 0.238 e. The molecule has 1 fully saturated rings. The van der Waals surface area contributed by atoms with Crippen molar-refractivity contribution in [2.24, 2.45) is 0 Å². The third kappa shape index (κ3) is 4.25. The van der Waals surface area contributed by atoms with Gasteiger partial charge < -0.3 is 14.4 Å². The SMILES string of the molecule is COc1ncc(-c2nc(N3CCOCC3)nc3c(Cl)cccc23)cc1NS(C)(=O)=O. The van der Waals surface area contributed by atoms with E-state index < -0.39 is 10.0 Å². The van der Waals surface area contributed by atoms with Gasteiger partial charge in [-0.15, -0.1) is 0 Å². The lowest BCUT2D eigenvalue weighted by atomic mass is 10.1. The van der Waals surface area contributed by atoms with Gasteiger partial charge in [-0.3, -0.25) is 4.72 Å². The minimum absolute atomic E-state index is 0.161. The van der Waals surface area contributed by atoms with Crippen LogP contribution in [0, 0.1) is 0 Å². The quantitative estimate of drug-likeness (QED) is 0.633. The molecular weight excluding hydrogens is 430 g/mol. The van der Waals surface area contributed by atoms with Crippen LogP contribution in [0.2, 0.25) is 5.02 Å². The first kappa shape index (κ1) is 20.6. The lowest BCUT2D eigenvalue weighted by Crippen LogP contribution is -2.37. The summed E-state index contributed by atoms with van der Waals surface area (Å²) in [6.07, 6.45) is 2.65. The highest BCUT2D eigenvalue weighted by atomic mass is 35.5. The van der Waals surface area contributed by atoms with E-state index in [4.69, 9.17) is 26.1 Å². The van der Waals surface area contributed by atoms with Gasteiger partial charge in [-0.25, -0.2) is 23.4 Å². The van der Waals surface area contributed by atoms with E-state index in [1.54, 1.807) is 18.3 Å². The number of hydrogen-bond acceptors (Lipinski definition) is 8. The number of hydrogen-bond donors (Lipinski definition) is 1. The van der Waals surface area contributed by atoms with Crippen LogP contribution in [-0.4, -0.2) is 63.0 Å². The van der Waals surface area contributed by atoms with Crippen LogP contribution in [0.4, 0.5) is 11.6 Å². The summed E-state index contributed by atoms with van der Waals surface area (Å²) >= 11 is 6.43. The maximum absolute atomic E-state index is 11.8. The zero-order valence-corrected chi connectivity index (χ0v) is 18.0. The second-order valence-electron chi connectivity index (χ2n) is 6.76. The number of benzene rings is 1. The summed E-state index contributed by atoms with van der Waals surface area (Å²) in [6.45, 7) is 2.51. The molecule has 30 heavy (non-hydrogen) atoms. The van der Waals surface area contributed by atoms with Crippen LogP contribution < -0.4 is 14.4 Å². The van der Waals surface area contributed by atoms with E-state index in [1.807, 2.05) is 17.0 Å². The van der Waals surface area contributed by atoms with Gasteiger partial charge in [-0.2, -0.15) is 0 Å². The molecular formula is C19H20ClN5O4S. The summed E-state index contributed by atoms with van der Waals surface area (Å²) in [5.74, 6) is 0.691. The fraction of sp³-hybridized carbons (Fsp3) is 0.316. The van der Waals surface area contributed by atoms with Crippen molar-refractivity contribution in [2.75, 3.05) is 49.3 Å². The number of anilines is 2. The largest absolute Gasteiger partial charge is 0.480 e. The predicted octanol–water partition coefficient (Wildman–Crippen LogP) is 2.56. The highest BCUT2D eigenvalue weighted by molar-refractivity contribution is 7.92. The van der Waals surface area contributed by atoms with Crippen LogP contribution in [0.1, 0.15) is 0 Å². The normalized spacial score (nSPS) is 14.7. The van der Waals surface area contributed by atoms with Crippen molar-refractivity contribution < 1.29 is 17.9 Å². The highest BCUT2D eigenvalue weighted by Gasteiger charge is 2.20. The summed E-state index contributed by atoms with van der Waals surface area (Å²) in [5, 5.41) is 1.23. The molecule has 0 saturated carbocycles. The van der Waals surface area contributed by atoms with E-state index in [2.05, 4.69) is 14.7 Å². The fourth-order valence-corrected chi connectivity index (χ4v) is 4.01. The van der Waals surface area contributed by atoms with Crippen molar-refractivity contribution in [1.29, 1.82) is 0 Å². The van der Waals surface area contributed by atoms with Crippen LogP contribution in [0.25, 0.3) is 22.2 Å². The summed E-state index contributed by atoms with van der Waals surface area (Å²) in [4.78, 5) is 15.7. The first-order chi connectivity index (χ1) is 14.4. The zero-order chi connectivity index (χ0) is 21.3. The Morgan fingerprint density at radius 1 is 1.23 bits per heavy atom. The molecule has 158 valence electrons. The number of ether oxygens (including phenoxy) is 2. The van der Waals surface area contributed by atoms with Gasteiger partial charge in [0.25, 0.3) is 0 Å². The van der Waals surface area contributed by atoms with Crippen LogP contribution in [0.3, 0.4) is 0 Å². The van der Waals surface area contributed by atoms with E-state index in [-0.39, 0.29) is 11.6 Å². The van der Waals surface area contributed by atoms with Gasteiger partial charge in [0, 0.05) is 30.2 Å². The monoisotopic (exact) mass is 449 g/mol. The molecule has 2 aromatic heterocycles. The topological polar surface area (TPSA) is 107 Å². The number of methoxy groups -OCH3 is 1. The Balaban J connectivity index is 1.91. The molecule has 1 saturated heterocycles. The number of para-hydroxylation sites is 1. The van der Waals surface area contributed by atoms with E-state index in [0.717, 1.165) is 11.6 Å². The standard InChI is InChI=1S/C19H20ClN5O4S/c1-28-18-15(24-30(2,26)27)10-12(11-21-18)16-13-4-3-5-14(20)17(13)23-19(22-16)25-6-8-29-9-7-25/h3-5,10-11,24H,6-9H2,1-2H3. The number of morpholine rings is 1. The van der Waals surface area contributed by atoms with Gasteiger partial charge in [-0.05, 0) is 12.1 Å². The number of halogens is 1. The second-order valence-corrected chi connectivity index (χ2v) is 8.92. The number of nitrogens with zero attached hydrogens (tertiary/aromatic N) is 4. The lowest BCUT2D eigenvalue weighted by molar-refractivity contribution is 0.122. The Labute approximate surface area is 179 Å². The van der Waals surface area contributed by atoms with Gasteiger partial charge >= 0.3 is 0 Å². The first-order valence-corrected chi connectivity index (χ1v) is 11.4. The number of nitrogens with one attached hydrogen (secondary N) is 1. The Morgan fingerprint density at radius 2 is 2.00 bits per heavy atom. The van der Waals surface area contributed by atoms with Crippen molar-refractivity contribution in [3.05, 3.63) is 35.5 Å². The lowest BCUT2D eigenvalue weighted by Gasteiger charge is -2.27. The number of pyridine rings is 1. The molecule has 1 aromatic carbocycles. The Morgan fingerprint density at radius 3 is 2.70 bits per heavy atom. The molecule has 1 N–H and O–H groups in total. The molecule has 1 aliphatic rings. The van der Waals surface area contributed by atoms with Gasteiger partial charge in [0.05, 0.1) is 42.8 Å². The number of sulfonamides is 1. The predicted molar refractivity (Wildman–Crippen MR) is 116 cm³/mol. The van der Waals surface area contributed by atoms with Crippen molar-refractivity contribution in [3.63, 3.8) is 0 Å². The first-order valence-electron chi connectivity index (χ1n) is 9.17. The minimum Gasteiger partial charge on any atom is -0.480 e. The average Bonchev–Trinajstić information content (AvgIpc) is 2.73. The summed E-state index contributed by atoms with van der Waals surface area (Å²) in [7, 11) is -2.11. The Hall–Kier alpha value is -2.69. The fourth-order valence-electron chi connectivity index (χ4n) is 3.25. The molecule has 0 unspecified atom stereocenters. The smallest absolute Gasteiger partial charge is 0.238 e. The van der Waals surface area contributed by atoms with Crippen molar-refractivity contribution >= 4 is 44.2 Å². The summed E-state index contributed by atoms with van der Waals surface area (Å²) < 4.78 is 36.6. The molecule has 3 heterocycles. The number of rotatable bonds is 5. The van der Waals surface area contributed by atoms with Gasteiger partial charge in [0.1, 0.15) is 5.69 Å². The van der Waals surface area contributed by atoms with E-state index in [0.29, 0.717) is 54.0 Å². The molecule has 4 rings (SSSR count). The van der Waals surface area contributed by atoms with Crippen LogP contribution >= 0.6 is 11.6 Å². The summed E-state index contributed by atoms with van der Waals surface area (Å²) in [6, 6.07) is 7.09. The summed E-state index contributed by atoms with van der Waals surface area (Å²) in [5.41, 5.74) is 2.03. The van der Waals surface area contributed by atoms with Gasteiger partial charge in [0.15, 0.2) is 0 Å². The number of aromatic nitrogens is 3. The third-order valence-electron chi connectivity index (χ3n) is 4.57. The highest BCUT2D eigenvalue weighted by Crippen LogP contribution is 2.34. The van der Waals surface area contributed by atoms with Gasteiger partial charge in [0.2, 0.25) is 21.9 Å². The van der Waals surface area contributed by atoms with Crippen molar-refractivity contribution in [2.45, 2.75) is 0 Å². The molecule has 11 heteroatoms. The molecule has 0 bridgehead atoms. The second kappa shape index (κ2) is 8.21. The molecule has 0 atom stereocenters. The molecule has 3 aromatic rings. The minimum atomic E-state index is -3.53. The van der Waals surface area contributed by atoms with Crippen molar-refractivity contribution in [1.82, 2.24) is 15.0 Å². The Bertz CT molecular complexity index is 1200. The van der Waals surface area contributed by atoms with Gasteiger partial charge in [-0.1, -0.05) is 23.7 Å². The Kier molecular flexibility index (Phi) is 5.63. The molecule has 0 aliphatic carbocycles. The maximum atomic E-state index is 11.8. The molecule has 9 nitrogen and oxygen atoms in total. The van der Waals surface area contributed by atoms with Crippen molar-refractivity contribution in [3.8, 4) is 17.1 Å². The average molecular weight is 450 g/mol. The van der Waals surface area contributed by atoms with E-state index in [1.165, 1.54) is 7.11 Å². The molecule has 0 radical (unpaired) electrons. The molecule has 1 aliphatic heterocycles. The van der Waals surface area contributed by atoms with E-state index in [9.17, 15) is 8.42 Å². The molecule has 0 spiro atoms. The van der Waals surface area contributed by atoms with Crippen LogP contribution in [-0.2, 0) is 14.8 Å². The number of fused-ring (bicyclic) bond motifs is 1. The third-order valence-corrected chi connectivity index (χ3v) is 5.47.